The Labute approximate surface area is 165 Å². The third kappa shape index (κ3) is 3.59. The maximum atomic E-state index is 4.25. The molecule has 0 aliphatic rings. The third-order valence-corrected chi connectivity index (χ3v) is 8.41. The molecule has 0 saturated carbocycles. The third-order valence-electron chi connectivity index (χ3n) is 4.45. The SMILES string of the molecule is Cl.Cn1nnnc1C=P(c1ccccc1)(c1ccccc1)c1ccccc1. The molecular formula is C21H20ClN4P. The molecule has 0 atom stereocenters. The van der Waals surface area contributed by atoms with E-state index in [4.69, 9.17) is 0 Å². The highest BCUT2D eigenvalue weighted by atomic mass is 35.5. The number of benzene rings is 3. The van der Waals surface area contributed by atoms with Crippen LogP contribution >= 0.6 is 19.3 Å². The van der Waals surface area contributed by atoms with Gasteiger partial charge in [0, 0.05) is 7.05 Å². The van der Waals surface area contributed by atoms with Gasteiger partial charge in [0.25, 0.3) is 0 Å². The lowest BCUT2D eigenvalue weighted by molar-refractivity contribution is 0.708. The van der Waals surface area contributed by atoms with Crippen molar-refractivity contribution in [3.63, 3.8) is 0 Å². The normalized spacial score (nSPS) is 10.9. The van der Waals surface area contributed by atoms with Gasteiger partial charge >= 0.3 is 0 Å². The largest absolute Gasteiger partial charge is 0.229 e. The van der Waals surface area contributed by atoms with E-state index in [0.717, 1.165) is 5.82 Å². The summed E-state index contributed by atoms with van der Waals surface area (Å²) in [5.41, 5.74) is 0. The first-order valence-electron chi connectivity index (χ1n) is 8.44. The molecule has 0 radical (unpaired) electrons. The van der Waals surface area contributed by atoms with Crippen molar-refractivity contribution in [2.75, 3.05) is 0 Å². The van der Waals surface area contributed by atoms with E-state index in [1.54, 1.807) is 4.68 Å². The van der Waals surface area contributed by atoms with Crippen LogP contribution < -0.4 is 15.9 Å². The van der Waals surface area contributed by atoms with Crippen molar-refractivity contribution in [2.24, 2.45) is 7.05 Å². The summed E-state index contributed by atoms with van der Waals surface area (Å²) >= 11 is 0. The topological polar surface area (TPSA) is 43.6 Å². The minimum absolute atomic E-state index is 0. The minimum atomic E-state index is -2.06. The van der Waals surface area contributed by atoms with E-state index in [0.29, 0.717) is 0 Å². The molecule has 6 heteroatoms. The van der Waals surface area contributed by atoms with Gasteiger partial charge in [-0.15, -0.1) is 17.5 Å². The van der Waals surface area contributed by atoms with E-state index < -0.39 is 6.89 Å². The van der Waals surface area contributed by atoms with Crippen LogP contribution in [0.15, 0.2) is 91.0 Å². The number of nitrogens with zero attached hydrogens (tertiary/aromatic N) is 4. The number of aromatic nitrogens is 4. The summed E-state index contributed by atoms with van der Waals surface area (Å²) in [6.45, 7) is -2.06. The van der Waals surface area contributed by atoms with Gasteiger partial charge in [-0.25, -0.2) is 4.68 Å². The van der Waals surface area contributed by atoms with Gasteiger partial charge in [-0.05, 0) is 39.0 Å². The fourth-order valence-electron chi connectivity index (χ4n) is 3.18. The molecule has 136 valence electrons. The van der Waals surface area contributed by atoms with Crippen LogP contribution in [0.2, 0.25) is 0 Å². The van der Waals surface area contributed by atoms with Crippen molar-refractivity contribution in [2.45, 2.75) is 0 Å². The predicted molar refractivity (Wildman–Crippen MR) is 116 cm³/mol. The first kappa shape index (κ1) is 19.1. The van der Waals surface area contributed by atoms with E-state index >= 15 is 0 Å². The standard InChI is InChI=1S/C21H19N4P.ClH/c1-25-21(22-23-24-25)17-26(18-11-5-2-6-12-18,19-13-7-3-8-14-19)20-15-9-4-10-16-20;/h2-17H,1H3;1H. The Morgan fingerprint density at radius 2 is 1.11 bits per heavy atom. The average Bonchev–Trinajstić information content (AvgIpc) is 3.12. The van der Waals surface area contributed by atoms with Crippen molar-refractivity contribution < 1.29 is 0 Å². The lowest BCUT2D eigenvalue weighted by Crippen LogP contribution is -2.27. The van der Waals surface area contributed by atoms with E-state index in [1.165, 1.54) is 15.9 Å². The quantitative estimate of drug-likeness (QED) is 0.500. The van der Waals surface area contributed by atoms with Crippen LogP contribution in [0.3, 0.4) is 0 Å². The lowest BCUT2D eigenvalue weighted by atomic mass is 10.4. The number of tetrazole rings is 1. The van der Waals surface area contributed by atoms with Gasteiger partial charge in [-0.2, -0.15) is 0 Å². The zero-order valence-electron chi connectivity index (χ0n) is 14.9. The van der Waals surface area contributed by atoms with Crippen LogP contribution in [-0.4, -0.2) is 26.0 Å². The second-order valence-corrected chi connectivity index (χ2v) is 9.27. The first-order valence-corrected chi connectivity index (χ1v) is 10.3. The predicted octanol–water partition coefficient (Wildman–Crippen LogP) is 2.78. The van der Waals surface area contributed by atoms with E-state index in [2.05, 4.69) is 112 Å². The molecule has 1 aromatic heterocycles. The van der Waals surface area contributed by atoms with Crippen molar-refractivity contribution in [1.82, 2.24) is 20.2 Å². The number of hydrogen-bond acceptors (Lipinski definition) is 3. The second kappa shape index (κ2) is 8.34. The van der Waals surface area contributed by atoms with Gasteiger partial charge in [0.2, 0.25) is 0 Å². The summed E-state index contributed by atoms with van der Waals surface area (Å²) < 4.78 is 1.73. The Balaban J connectivity index is 0.00000210. The molecule has 0 unspecified atom stereocenters. The molecule has 0 aliphatic carbocycles. The minimum Gasteiger partial charge on any atom is -0.229 e. The highest BCUT2D eigenvalue weighted by molar-refractivity contribution is 7.94. The zero-order valence-corrected chi connectivity index (χ0v) is 16.6. The van der Waals surface area contributed by atoms with Crippen molar-refractivity contribution >= 4 is 41.0 Å². The Bertz CT molecular complexity index is 944. The maximum absolute atomic E-state index is 4.25. The van der Waals surface area contributed by atoms with Crippen LogP contribution in [0, 0.1) is 0 Å². The molecule has 3 aromatic carbocycles. The average molecular weight is 395 g/mol. The van der Waals surface area contributed by atoms with Crippen molar-refractivity contribution in [1.29, 1.82) is 0 Å². The molecule has 4 aromatic rings. The highest BCUT2D eigenvalue weighted by Crippen LogP contribution is 2.44. The summed E-state index contributed by atoms with van der Waals surface area (Å²) in [6, 6.07) is 32.0. The fourth-order valence-corrected chi connectivity index (χ4v) is 7.01. The fraction of sp³-hybridized carbons (Fsp3) is 0.0476. The van der Waals surface area contributed by atoms with Gasteiger partial charge < -0.3 is 0 Å². The Morgan fingerprint density at radius 1 is 0.704 bits per heavy atom. The zero-order chi connectivity index (χ0) is 17.8. The number of aryl methyl sites for hydroxylation is 1. The molecule has 4 nitrogen and oxygen atoms in total. The molecule has 4 rings (SSSR count). The monoisotopic (exact) mass is 394 g/mol. The number of rotatable bonds is 4. The molecule has 0 saturated heterocycles. The number of halogens is 1. The van der Waals surface area contributed by atoms with E-state index in [1.807, 2.05) is 7.05 Å². The second-order valence-electron chi connectivity index (χ2n) is 6.02. The molecule has 0 N–H and O–H groups in total. The molecule has 0 bridgehead atoms. The van der Waals surface area contributed by atoms with Crippen molar-refractivity contribution in [3.8, 4) is 0 Å². The first-order chi connectivity index (χ1) is 12.8. The molecule has 0 aliphatic heterocycles. The van der Waals surface area contributed by atoms with Gasteiger partial charge in [-0.1, -0.05) is 91.0 Å². The molecule has 0 spiro atoms. The van der Waals surface area contributed by atoms with Gasteiger partial charge in [0.05, 0.1) is 0 Å². The summed E-state index contributed by atoms with van der Waals surface area (Å²) in [6.07, 6.45) is 0. The molecule has 27 heavy (non-hydrogen) atoms. The van der Waals surface area contributed by atoms with Gasteiger partial charge in [0.15, 0.2) is 5.82 Å². The van der Waals surface area contributed by atoms with E-state index in [9.17, 15) is 0 Å². The van der Waals surface area contributed by atoms with Crippen LogP contribution in [0.25, 0.3) is 0 Å². The molecule has 0 fully saturated rings. The molecule has 0 amide bonds. The molecular weight excluding hydrogens is 375 g/mol. The summed E-state index contributed by atoms with van der Waals surface area (Å²) in [5, 5.41) is 15.9. The summed E-state index contributed by atoms with van der Waals surface area (Å²) in [4.78, 5) is 0. The van der Waals surface area contributed by atoms with Crippen LogP contribution in [-0.2, 0) is 7.05 Å². The van der Waals surface area contributed by atoms with Gasteiger partial charge in [-0.3, -0.25) is 0 Å². The maximum Gasteiger partial charge on any atom is 0.175 e. The smallest absolute Gasteiger partial charge is 0.175 e. The number of hydrogen-bond donors (Lipinski definition) is 0. The highest BCUT2D eigenvalue weighted by Gasteiger charge is 2.25. The van der Waals surface area contributed by atoms with E-state index in [-0.39, 0.29) is 12.4 Å². The van der Waals surface area contributed by atoms with Crippen LogP contribution in [0.1, 0.15) is 5.82 Å². The lowest BCUT2D eigenvalue weighted by Gasteiger charge is -2.28. The van der Waals surface area contributed by atoms with Crippen molar-refractivity contribution in [3.05, 3.63) is 96.8 Å². The van der Waals surface area contributed by atoms with Gasteiger partial charge in [0.1, 0.15) is 0 Å². The summed E-state index contributed by atoms with van der Waals surface area (Å²) in [5.74, 6) is 3.03. The van der Waals surface area contributed by atoms with Crippen LogP contribution in [0.4, 0.5) is 0 Å². The Morgan fingerprint density at radius 3 is 1.44 bits per heavy atom. The Hall–Kier alpha value is -2.68. The van der Waals surface area contributed by atoms with Crippen LogP contribution in [0.5, 0.6) is 0 Å². The Kier molecular flexibility index (Phi) is 5.90. The summed E-state index contributed by atoms with van der Waals surface area (Å²) in [7, 11) is 1.88. The molecule has 1 heterocycles.